The molecule has 1 saturated carbocycles. The topological polar surface area (TPSA) is 66.9 Å². The largest absolute Gasteiger partial charge is 0.416 e. The van der Waals surface area contributed by atoms with Crippen LogP contribution in [0.2, 0.25) is 0 Å². The van der Waals surface area contributed by atoms with E-state index in [0.29, 0.717) is 11.3 Å². The number of amides is 1. The minimum atomic E-state index is -4.37. The lowest BCUT2D eigenvalue weighted by atomic mass is 10.2. The Hall–Kier alpha value is -2.64. The van der Waals surface area contributed by atoms with Gasteiger partial charge in [0.05, 0.1) is 11.1 Å². The molecular weight excluding hydrogens is 333 g/mol. The monoisotopic (exact) mass is 350 g/mol. The number of benzene rings is 1. The van der Waals surface area contributed by atoms with Crippen molar-refractivity contribution in [3.63, 3.8) is 0 Å². The van der Waals surface area contributed by atoms with Crippen molar-refractivity contribution in [3.05, 3.63) is 47.8 Å². The molecule has 3 rings (SSSR count). The highest BCUT2D eigenvalue weighted by Gasteiger charge is 2.29. The molecule has 1 aliphatic carbocycles. The van der Waals surface area contributed by atoms with E-state index >= 15 is 0 Å². The Kier molecular flexibility index (Phi) is 4.87. The van der Waals surface area contributed by atoms with Gasteiger partial charge in [0.15, 0.2) is 0 Å². The van der Waals surface area contributed by atoms with Crippen LogP contribution in [0.3, 0.4) is 0 Å². The maximum Gasteiger partial charge on any atom is 0.416 e. The number of carbonyl (C=O) groups excluding carboxylic acids is 1. The van der Waals surface area contributed by atoms with Crippen LogP contribution in [0.4, 0.5) is 24.8 Å². The van der Waals surface area contributed by atoms with Gasteiger partial charge in [0.2, 0.25) is 5.95 Å². The van der Waals surface area contributed by atoms with Gasteiger partial charge in [-0.05, 0) is 37.1 Å². The van der Waals surface area contributed by atoms with Crippen molar-refractivity contribution < 1.29 is 18.0 Å². The zero-order chi connectivity index (χ0) is 17.9. The van der Waals surface area contributed by atoms with Gasteiger partial charge < -0.3 is 10.6 Å². The number of nitrogens with one attached hydrogen (secondary N) is 2. The van der Waals surface area contributed by atoms with E-state index in [1.165, 1.54) is 24.5 Å². The van der Waals surface area contributed by atoms with Gasteiger partial charge in [-0.3, -0.25) is 4.79 Å². The number of hydrogen-bond acceptors (Lipinski definition) is 4. The summed E-state index contributed by atoms with van der Waals surface area (Å²) in [6, 6.07) is 4.76. The van der Waals surface area contributed by atoms with Crippen molar-refractivity contribution >= 4 is 17.5 Å². The molecule has 0 unspecified atom stereocenters. The molecule has 25 heavy (non-hydrogen) atoms. The van der Waals surface area contributed by atoms with Gasteiger partial charge in [-0.1, -0.05) is 12.8 Å². The van der Waals surface area contributed by atoms with Gasteiger partial charge in [-0.2, -0.15) is 13.2 Å². The Labute approximate surface area is 142 Å². The quantitative estimate of drug-likeness (QED) is 0.877. The van der Waals surface area contributed by atoms with Crippen molar-refractivity contribution in [2.24, 2.45) is 0 Å². The molecule has 0 spiro atoms. The Morgan fingerprint density at radius 3 is 2.20 bits per heavy atom. The summed E-state index contributed by atoms with van der Waals surface area (Å²) in [5.41, 5.74) is 0.0546. The number of nitrogens with zero attached hydrogens (tertiary/aromatic N) is 2. The van der Waals surface area contributed by atoms with Crippen molar-refractivity contribution in [2.75, 3.05) is 5.32 Å². The first-order chi connectivity index (χ1) is 11.9. The zero-order valence-corrected chi connectivity index (χ0v) is 13.3. The second-order valence-electron chi connectivity index (χ2n) is 5.95. The number of hydrogen-bond donors (Lipinski definition) is 2. The standard InChI is InChI=1S/C17H17F3N4O/c18-17(19,20)12-5-7-14(8-6-12)24-16-21-9-11(10-22-16)15(25)23-13-3-1-2-4-13/h5-10,13H,1-4H2,(H,23,25)(H,21,22,24). The zero-order valence-electron chi connectivity index (χ0n) is 13.3. The van der Waals surface area contributed by atoms with Gasteiger partial charge in [0, 0.05) is 24.1 Å². The Morgan fingerprint density at radius 2 is 1.64 bits per heavy atom. The van der Waals surface area contributed by atoms with Gasteiger partial charge in [-0.25, -0.2) is 9.97 Å². The molecule has 2 aromatic rings. The minimum Gasteiger partial charge on any atom is -0.349 e. The second-order valence-corrected chi connectivity index (χ2v) is 5.95. The third-order valence-electron chi connectivity index (χ3n) is 4.07. The van der Waals surface area contributed by atoms with Crippen molar-refractivity contribution in [2.45, 2.75) is 37.9 Å². The summed E-state index contributed by atoms with van der Waals surface area (Å²) < 4.78 is 37.6. The first kappa shape index (κ1) is 17.2. The van der Waals surface area contributed by atoms with Gasteiger partial charge in [-0.15, -0.1) is 0 Å². The molecule has 1 aromatic carbocycles. The number of carbonyl (C=O) groups is 1. The lowest BCUT2D eigenvalue weighted by Crippen LogP contribution is -2.32. The fraction of sp³-hybridized carbons (Fsp3) is 0.353. The summed E-state index contributed by atoms with van der Waals surface area (Å²) in [5, 5.41) is 5.74. The van der Waals surface area contributed by atoms with Crippen LogP contribution >= 0.6 is 0 Å². The molecule has 132 valence electrons. The highest BCUT2D eigenvalue weighted by atomic mass is 19.4. The van der Waals surface area contributed by atoms with E-state index in [9.17, 15) is 18.0 Å². The van der Waals surface area contributed by atoms with E-state index in [2.05, 4.69) is 20.6 Å². The highest BCUT2D eigenvalue weighted by Crippen LogP contribution is 2.30. The lowest BCUT2D eigenvalue weighted by Gasteiger charge is -2.12. The molecule has 0 saturated heterocycles. The predicted molar refractivity (Wildman–Crippen MR) is 86.5 cm³/mol. The maximum absolute atomic E-state index is 12.5. The summed E-state index contributed by atoms with van der Waals surface area (Å²) in [4.78, 5) is 20.2. The average molecular weight is 350 g/mol. The molecule has 0 radical (unpaired) electrons. The molecule has 0 aliphatic heterocycles. The van der Waals surface area contributed by atoms with Crippen LogP contribution < -0.4 is 10.6 Å². The van der Waals surface area contributed by atoms with E-state index in [1.807, 2.05) is 0 Å². The SMILES string of the molecule is O=C(NC1CCCC1)c1cnc(Nc2ccc(C(F)(F)F)cc2)nc1. The average Bonchev–Trinajstić information content (AvgIpc) is 3.08. The highest BCUT2D eigenvalue weighted by molar-refractivity contribution is 5.93. The van der Waals surface area contributed by atoms with Crippen LogP contribution in [0.25, 0.3) is 0 Å². The van der Waals surface area contributed by atoms with Crippen LogP contribution in [-0.4, -0.2) is 21.9 Å². The molecule has 1 heterocycles. The molecule has 1 aromatic heterocycles. The fourth-order valence-electron chi connectivity index (χ4n) is 2.72. The van der Waals surface area contributed by atoms with Crippen LogP contribution in [0, 0.1) is 0 Å². The van der Waals surface area contributed by atoms with Gasteiger partial charge in [0.1, 0.15) is 0 Å². The summed E-state index contributed by atoms with van der Waals surface area (Å²) in [5.74, 6) is -0.00912. The normalized spacial score (nSPS) is 15.2. The molecular formula is C17H17F3N4O. The smallest absolute Gasteiger partial charge is 0.349 e. The predicted octanol–water partition coefficient (Wildman–Crippen LogP) is 3.91. The van der Waals surface area contributed by atoms with Crippen molar-refractivity contribution in [3.8, 4) is 0 Å². The van der Waals surface area contributed by atoms with E-state index in [0.717, 1.165) is 37.8 Å². The molecule has 5 nitrogen and oxygen atoms in total. The lowest BCUT2D eigenvalue weighted by molar-refractivity contribution is -0.137. The van der Waals surface area contributed by atoms with E-state index in [4.69, 9.17) is 0 Å². The van der Waals surface area contributed by atoms with E-state index in [-0.39, 0.29) is 17.9 Å². The number of rotatable bonds is 4. The number of halogens is 3. The Bertz CT molecular complexity index is 723. The van der Waals surface area contributed by atoms with Crippen LogP contribution in [-0.2, 0) is 6.18 Å². The summed E-state index contributed by atoms with van der Waals surface area (Å²) in [7, 11) is 0. The maximum atomic E-state index is 12.5. The van der Waals surface area contributed by atoms with Crippen molar-refractivity contribution in [1.82, 2.24) is 15.3 Å². The molecule has 2 N–H and O–H groups in total. The van der Waals surface area contributed by atoms with E-state index in [1.54, 1.807) is 0 Å². The molecule has 8 heteroatoms. The Balaban J connectivity index is 1.61. The number of alkyl halides is 3. The van der Waals surface area contributed by atoms with Crippen LogP contribution in [0.1, 0.15) is 41.6 Å². The number of anilines is 2. The van der Waals surface area contributed by atoms with Crippen LogP contribution in [0.5, 0.6) is 0 Å². The molecule has 1 fully saturated rings. The fourth-order valence-corrected chi connectivity index (χ4v) is 2.72. The van der Waals surface area contributed by atoms with Gasteiger partial charge >= 0.3 is 6.18 Å². The minimum absolute atomic E-state index is 0.206. The molecule has 1 aliphatic rings. The molecule has 0 atom stereocenters. The van der Waals surface area contributed by atoms with Crippen LogP contribution in [0.15, 0.2) is 36.7 Å². The summed E-state index contributed by atoms with van der Waals surface area (Å²) in [6.45, 7) is 0. The Morgan fingerprint density at radius 1 is 1.04 bits per heavy atom. The van der Waals surface area contributed by atoms with Crippen molar-refractivity contribution in [1.29, 1.82) is 0 Å². The third kappa shape index (κ3) is 4.46. The summed E-state index contributed by atoms with van der Waals surface area (Å²) in [6.07, 6.45) is 2.63. The number of aromatic nitrogens is 2. The summed E-state index contributed by atoms with van der Waals surface area (Å²) >= 11 is 0. The first-order valence-corrected chi connectivity index (χ1v) is 7.99. The van der Waals surface area contributed by atoms with E-state index < -0.39 is 11.7 Å². The van der Waals surface area contributed by atoms with Gasteiger partial charge in [0.25, 0.3) is 5.91 Å². The third-order valence-corrected chi connectivity index (χ3v) is 4.07. The first-order valence-electron chi connectivity index (χ1n) is 7.99. The second kappa shape index (κ2) is 7.08. The molecule has 0 bridgehead atoms. The molecule has 1 amide bonds.